The van der Waals surface area contributed by atoms with E-state index in [4.69, 9.17) is 23.7 Å². The molecular weight excluding hydrogens is 792 g/mol. The smallest absolute Gasteiger partial charge is 0.410 e. The number of hydrogen-bond acceptors (Lipinski definition) is 10. The Morgan fingerprint density at radius 1 is 0.895 bits per heavy atom. The lowest BCUT2D eigenvalue weighted by atomic mass is 10.0. The van der Waals surface area contributed by atoms with Crippen molar-refractivity contribution in [1.82, 2.24) is 24.3 Å². The van der Waals surface area contributed by atoms with Gasteiger partial charge in [0.1, 0.15) is 46.6 Å². The highest BCUT2D eigenvalue weighted by molar-refractivity contribution is 9.10. The van der Waals surface area contributed by atoms with Crippen LogP contribution in [0.5, 0.6) is 11.5 Å². The van der Waals surface area contributed by atoms with Crippen LogP contribution in [0.1, 0.15) is 79.8 Å². The van der Waals surface area contributed by atoms with Crippen LogP contribution in [0, 0.1) is 5.92 Å². The molecule has 14 heteroatoms. The van der Waals surface area contributed by atoms with Gasteiger partial charge in [-0.3, -0.25) is 0 Å². The van der Waals surface area contributed by atoms with Gasteiger partial charge in [-0.2, -0.15) is 0 Å². The Morgan fingerprint density at radius 2 is 1.54 bits per heavy atom. The zero-order valence-electron chi connectivity index (χ0n) is 34.6. The normalized spacial score (nSPS) is 20.2. The molecule has 1 N–H and O–H groups in total. The number of benzene rings is 2. The van der Waals surface area contributed by atoms with E-state index in [2.05, 4.69) is 35.8 Å². The Morgan fingerprint density at radius 3 is 2.23 bits per heavy atom. The van der Waals surface area contributed by atoms with E-state index in [9.17, 15) is 9.59 Å². The first-order valence-corrected chi connectivity index (χ1v) is 20.5. The fraction of sp³-hybridized carbons (Fsp3) is 0.535. The van der Waals surface area contributed by atoms with Crippen molar-refractivity contribution in [1.29, 1.82) is 0 Å². The Labute approximate surface area is 344 Å². The van der Waals surface area contributed by atoms with Crippen LogP contribution in [0.4, 0.5) is 15.4 Å². The fourth-order valence-corrected chi connectivity index (χ4v) is 8.17. The molecule has 1 saturated heterocycles. The maximum absolute atomic E-state index is 13.9. The summed E-state index contributed by atoms with van der Waals surface area (Å²) >= 11 is 3.73. The number of anilines is 1. The van der Waals surface area contributed by atoms with Crippen LogP contribution < -0.4 is 10.1 Å². The first kappa shape index (κ1) is 42.2. The van der Waals surface area contributed by atoms with E-state index in [1.165, 1.54) is 0 Å². The number of carbonyl (C=O) groups excluding carboxylic acids is 2. The van der Waals surface area contributed by atoms with Crippen LogP contribution in [0.3, 0.4) is 0 Å². The average Bonchev–Trinajstić information content (AvgIpc) is 3.75. The maximum atomic E-state index is 13.9. The van der Waals surface area contributed by atoms with Crippen LogP contribution in [0.2, 0.25) is 0 Å². The summed E-state index contributed by atoms with van der Waals surface area (Å²) in [6.07, 6.45) is 3.97. The summed E-state index contributed by atoms with van der Waals surface area (Å²) in [5.41, 5.74) is 0.430. The van der Waals surface area contributed by atoms with Crippen molar-refractivity contribution in [2.24, 2.45) is 5.92 Å². The largest absolute Gasteiger partial charge is 0.457 e. The number of ether oxygens (including phenoxy) is 5. The van der Waals surface area contributed by atoms with Gasteiger partial charge in [0.15, 0.2) is 5.79 Å². The van der Waals surface area contributed by atoms with Crippen LogP contribution in [-0.2, 0) is 25.4 Å². The third kappa shape index (κ3) is 10.8. The second kappa shape index (κ2) is 17.2. The number of hydrogen-bond donors (Lipinski definition) is 1. The zero-order valence-corrected chi connectivity index (χ0v) is 36.2. The van der Waals surface area contributed by atoms with E-state index in [0.717, 1.165) is 38.4 Å². The van der Waals surface area contributed by atoms with Crippen LogP contribution in [0.15, 0.2) is 71.6 Å². The Bertz CT molecular complexity index is 2010. The molecule has 0 spiro atoms. The number of para-hydroxylation sites is 1. The minimum Gasteiger partial charge on any atom is -0.457 e. The molecule has 2 fully saturated rings. The molecule has 308 valence electrons. The molecule has 4 atom stereocenters. The molecular formula is C43H57BrN6O7. The summed E-state index contributed by atoms with van der Waals surface area (Å²) < 4.78 is 34.0. The molecule has 0 radical (unpaired) electrons. The quantitative estimate of drug-likeness (QED) is 0.139. The molecule has 1 aliphatic carbocycles. The van der Waals surface area contributed by atoms with Crippen molar-refractivity contribution in [2.45, 2.75) is 110 Å². The van der Waals surface area contributed by atoms with Crippen LogP contribution in [-0.4, -0.2) is 98.9 Å². The van der Waals surface area contributed by atoms with E-state index in [-0.39, 0.29) is 24.2 Å². The summed E-state index contributed by atoms with van der Waals surface area (Å²) in [5, 5.41) is 4.05. The van der Waals surface area contributed by atoms with E-state index < -0.39 is 29.2 Å². The van der Waals surface area contributed by atoms with Gasteiger partial charge in [0.05, 0.1) is 17.5 Å². The zero-order chi connectivity index (χ0) is 41.1. The number of aromatic nitrogens is 3. The number of fused-ring (bicyclic) bond motifs is 2. The Balaban J connectivity index is 1.19. The summed E-state index contributed by atoms with van der Waals surface area (Å²) in [7, 11) is 1.84. The number of nitrogens with zero attached hydrogens (tertiary/aromatic N) is 5. The van der Waals surface area contributed by atoms with Gasteiger partial charge < -0.3 is 43.4 Å². The molecule has 1 aliphatic heterocycles. The van der Waals surface area contributed by atoms with Gasteiger partial charge in [0, 0.05) is 49.8 Å². The Kier molecular flexibility index (Phi) is 12.7. The third-order valence-corrected chi connectivity index (χ3v) is 10.5. The van der Waals surface area contributed by atoms with Gasteiger partial charge in [-0.05, 0) is 120 Å². The molecule has 1 saturated carbocycles. The highest BCUT2D eigenvalue weighted by Gasteiger charge is 2.55. The van der Waals surface area contributed by atoms with Crippen molar-refractivity contribution in [3.63, 3.8) is 0 Å². The molecule has 3 heterocycles. The SMILES string of the molecule is CNc1ncnc2c1c(Br)cn2[C@@H]1C[C@H](CN(CCCN(CCc2cccc(Oc3ccccc3)c2)C(=O)OC(C)(C)C)C(=O)OC(C)(C)C)[C@H]2OC(C)(C)O[C@H]21. The topological polar surface area (TPSA) is 130 Å². The minimum atomic E-state index is -0.810. The van der Waals surface area contributed by atoms with Crippen molar-refractivity contribution in [3.8, 4) is 11.5 Å². The maximum Gasteiger partial charge on any atom is 0.410 e. The molecule has 4 aromatic rings. The molecule has 2 amide bonds. The highest BCUT2D eigenvalue weighted by Crippen LogP contribution is 2.49. The van der Waals surface area contributed by atoms with Gasteiger partial charge in [-0.15, -0.1) is 0 Å². The first-order chi connectivity index (χ1) is 26.9. The number of amides is 2. The van der Waals surface area contributed by atoms with Crippen molar-refractivity contribution in [2.75, 3.05) is 38.5 Å². The molecule has 2 aliphatic rings. The second-order valence-corrected chi connectivity index (χ2v) is 18.1. The first-order valence-electron chi connectivity index (χ1n) is 19.7. The number of nitrogens with one attached hydrogen (secondary N) is 1. The summed E-state index contributed by atoms with van der Waals surface area (Å²) in [4.78, 5) is 40.0. The summed E-state index contributed by atoms with van der Waals surface area (Å²) in [6, 6.07) is 17.4. The van der Waals surface area contributed by atoms with E-state index in [1.807, 2.05) is 123 Å². The summed E-state index contributed by atoms with van der Waals surface area (Å²) in [6.45, 7) is 16.5. The number of halogens is 1. The van der Waals surface area contributed by atoms with Gasteiger partial charge in [-0.25, -0.2) is 19.6 Å². The molecule has 57 heavy (non-hydrogen) atoms. The number of carbonyl (C=O) groups is 2. The van der Waals surface area contributed by atoms with E-state index in [1.54, 1.807) is 16.1 Å². The van der Waals surface area contributed by atoms with E-state index >= 15 is 0 Å². The van der Waals surface area contributed by atoms with Gasteiger partial charge >= 0.3 is 12.2 Å². The van der Waals surface area contributed by atoms with Gasteiger partial charge in [-0.1, -0.05) is 30.3 Å². The van der Waals surface area contributed by atoms with Crippen LogP contribution in [0.25, 0.3) is 11.0 Å². The van der Waals surface area contributed by atoms with Crippen LogP contribution >= 0.6 is 15.9 Å². The highest BCUT2D eigenvalue weighted by atomic mass is 79.9. The molecule has 0 unspecified atom stereocenters. The molecule has 6 rings (SSSR count). The lowest BCUT2D eigenvalue weighted by molar-refractivity contribution is -0.160. The lowest BCUT2D eigenvalue weighted by Gasteiger charge is -2.32. The second-order valence-electron chi connectivity index (χ2n) is 17.2. The summed E-state index contributed by atoms with van der Waals surface area (Å²) in [5.74, 6) is 1.31. The predicted molar refractivity (Wildman–Crippen MR) is 223 cm³/mol. The average molecular weight is 850 g/mol. The lowest BCUT2D eigenvalue weighted by Crippen LogP contribution is -2.44. The monoisotopic (exact) mass is 848 g/mol. The van der Waals surface area contributed by atoms with E-state index in [0.29, 0.717) is 45.4 Å². The van der Waals surface area contributed by atoms with Crippen molar-refractivity contribution >= 4 is 45.0 Å². The Hall–Kier alpha value is -4.40. The van der Waals surface area contributed by atoms with Crippen molar-refractivity contribution < 1.29 is 33.3 Å². The molecule has 2 aromatic heterocycles. The minimum absolute atomic E-state index is 0.0801. The predicted octanol–water partition coefficient (Wildman–Crippen LogP) is 9.22. The standard InChI is InChI=1S/C43H57BrN6O7/c1-41(2,3)56-39(51)48(22-19-28-15-13-18-31(23-28)53-30-16-11-10-12-17-30)20-14-21-49(40(52)57-42(4,5)6)25-29-24-33(36-35(29)54-43(7,8)55-36)50-26-32(44)34-37(45-9)46-27-47-38(34)50/h10-13,15-18,23,26-27,29,33,35-36H,14,19-22,24-25H2,1-9H3,(H,45,46,47)/t29-,33-,35-,36+/m1/s1. The van der Waals surface area contributed by atoms with Crippen molar-refractivity contribution in [3.05, 3.63) is 77.2 Å². The molecule has 2 aromatic carbocycles. The number of rotatable bonds is 13. The fourth-order valence-electron chi connectivity index (χ4n) is 7.58. The molecule has 0 bridgehead atoms. The molecule has 13 nitrogen and oxygen atoms in total. The third-order valence-electron chi connectivity index (χ3n) is 9.87. The van der Waals surface area contributed by atoms with Gasteiger partial charge in [0.25, 0.3) is 0 Å². The van der Waals surface area contributed by atoms with Gasteiger partial charge in [0.2, 0.25) is 0 Å².